The smallest absolute Gasteiger partial charge is 0.341 e. The average molecular weight is 361 g/mol. The first-order valence-electron chi connectivity index (χ1n) is 7.55. The third-order valence-corrected chi connectivity index (χ3v) is 4.75. The number of thiophene rings is 1. The molecule has 1 aromatic carbocycles. The molecule has 25 heavy (non-hydrogen) atoms. The van der Waals surface area contributed by atoms with Crippen molar-refractivity contribution in [2.75, 3.05) is 19.0 Å². The van der Waals surface area contributed by atoms with Crippen molar-refractivity contribution in [1.29, 1.82) is 0 Å². The molecule has 7 heteroatoms. The summed E-state index contributed by atoms with van der Waals surface area (Å²) in [5.74, 6) is -0.586. The fourth-order valence-corrected chi connectivity index (χ4v) is 3.28. The van der Waals surface area contributed by atoms with Gasteiger partial charge in [0.05, 0.1) is 12.7 Å². The number of methoxy groups -OCH3 is 1. The van der Waals surface area contributed by atoms with Crippen LogP contribution in [-0.4, -0.2) is 31.4 Å². The van der Waals surface area contributed by atoms with Crippen LogP contribution in [0.1, 0.15) is 38.1 Å². The molecule has 0 atom stereocenters. The Morgan fingerprint density at radius 2 is 1.76 bits per heavy atom. The number of Topliss-reactive ketones (excluding diaryl/α,β-unsaturated/α-hetero) is 1. The van der Waals surface area contributed by atoms with Crippen LogP contribution in [-0.2, 0) is 9.53 Å². The topological polar surface area (TPSA) is 81.7 Å². The highest BCUT2D eigenvalue weighted by molar-refractivity contribution is 7.16. The van der Waals surface area contributed by atoms with Crippen LogP contribution in [0.3, 0.4) is 0 Å². The fourth-order valence-electron chi connectivity index (χ4n) is 2.18. The highest BCUT2D eigenvalue weighted by Crippen LogP contribution is 2.33. The van der Waals surface area contributed by atoms with Crippen LogP contribution >= 0.6 is 11.3 Å². The zero-order valence-corrected chi connectivity index (χ0v) is 15.3. The molecular weight excluding hydrogens is 342 g/mol. The van der Waals surface area contributed by atoms with Gasteiger partial charge in [0.1, 0.15) is 10.8 Å². The summed E-state index contributed by atoms with van der Waals surface area (Å²) in [6.07, 6.45) is 0. The molecule has 6 nitrogen and oxygen atoms in total. The van der Waals surface area contributed by atoms with E-state index < -0.39 is 5.97 Å². The van der Waals surface area contributed by atoms with Gasteiger partial charge in [-0.1, -0.05) is 0 Å². The van der Waals surface area contributed by atoms with E-state index in [-0.39, 0.29) is 18.3 Å². The molecule has 1 N–H and O–H groups in total. The Labute approximate surface area is 149 Å². The van der Waals surface area contributed by atoms with Crippen LogP contribution in [0, 0.1) is 13.8 Å². The summed E-state index contributed by atoms with van der Waals surface area (Å²) < 4.78 is 10.2. The number of carbonyl (C=O) groups excluding carboxylic acids is 3. The highest BCUT2D eigenvalue weighted by atomic mass is 32.1. The minimum atomic E-state index is -0.632. The Bertz CT molecular complexity index is 808. The minimum absolute atomic E-state index is 0.274. The number of benzene rings is 1. The molecule has 0 spiro atoms. The molecule has 1 heterocycles. The second kappa shape index (κ2) is 7.94. The van der Waals surface area contributed by atoms with E-state index in [2.05, 4.69) is 5.32 Å². The fraction of sp³-hybridized carbons (Fsp3) is 0.278. The third kappa shape index (κ3) is 4.45. The van der Waals surface area contributed by atoms with Crippen LogP contribution in [0.4, 0.5) is 5.00 Å². The molecule has 132 valence electrons. The summed E-state index contributed by atoms with van der Waals surface area (Å²) >= 11 is 1.30. The predicted octanol–water partition coefficient (Wildman–Crippen LogP) is 3.37. The van der Waals surface area contributed by atoms with Crippen LogP contribution in [0.25, 0.3) is 0 Å². The van der Waals surface area contributed by atoms with Crippen LogP contribution in [0.5, 0.6) is 5.75 Å². The summed E-state index contributed by atoms with van der Waals surface area (Å²) in [6, 6.07) is 6.54. The third-order valence-electron chi connectivity index (χ3n) is 3.63. The lowest BCUT2D eigenvalue weighted by Crippen LogP contribution is -2.16. The van der Waals surface area contributed by atoms with E-state index in [9.17, 15) is 14.4 Å². The van der Waals surface area contributed by atoms with Crippen molar-refractivity contribution in [1.82, 2.24) is 0 Å². The van der Waals surface area contributed by atoms with Gasteiger partial charge in [0.25, 0.3) is 0 Å². The Kier molecular flexibility index (Phi) is 5.93. The Hall–Kier alpha value is -2.67. The maximum atomic E-state index is 12.4. The number of carbonyl (C=O) groups is 3. The summed E-state index contributed by atoms with van der Waals surface area (Å²) in [5, 5.41) is 3.06. The number of esters is 1. The van der Waals surface area contributed by atoms with Crippen molar-refractivity contribution in [3.8, 4) is 5.75 Å². The van der Waals surface area contributed by atoms with Crippen molar-refractivity contribution in [3.63, 3.8) is 0 Å². The van der Waals surface area contributed by atoms with E-state index in [0.717, 1.165) is 10.4 Å². The first kappa shape index (κ1) is 18.7. The van der Waals surface area contributed by atoms with Gasteiger partial charge in [0.2, 0.25) is 5.91 Å². The molecule has 0 saturated carbocycles. The average Bonchev–Trinajstić information content (AvgIpc) is 2.85. The van der Waals surface area contributed by atoms with Gasteiger partial charge < -0.3 is 14.8 Å². The van der Waals surface area contributed by atoms with Gasteiger partial charge in [0, 0.05) is 17.4 Å². The second-order valence-electron chi connectivity index (χ2n) is 5.40. The molecule has 2 rings (SSSR count). The molecule has 0 aliphatic heterocycles. The Balaban J connectivity index is 2.09. The Morgan fingerprint density at radius 1 is 1.12 bits per heavy atom. The van der Waals surface area contributed by atoms with E-state index in [1.807, 2.05) is 6.92 Å². The maximum absolute atomic E-state index is 12.4. The Morgan fingerprint density at radius 3 is 2.32 bits per heavy atom. The predicted molar refractivity (Wildman–Crippen MR) is 95.7 cm³/mol. The van der Waals surface area contributed by atoms with Gasteiger partial charge in [-0.2, -0.15) is 0 Å². The molecule has 0 saturated heterocycles. The van der Waals surface area contributed by atoms with Crippen molar-refractivity contribution in [3.05, 3.63) is 45.8 Å². The first-order valence-corrected chi connectivity index (χ1v) is 8.37. The number of amides is 1. The number of anilines is 1. The molecule has 0 aliphatic rings. The highest BCUT2D eigenvalue weighted by Gasteiger charge is 2.22. The molecule has 0 bridgehead atoms. The molecule has 2 aromatic rings. The second-order valence-corrected chi connectivity index (χ2v) is 6.62. The van der Waals surface area contributed by atoms with E-state index in [0.29, 0.717) is 21.9 Å². The van der Waals surface area contributed by atoms with E-state index in [4.69, 9.17) is 9.47 Å². The summed E-state index contributed by atoms with van der Waals surface area (Å²) in [4.78, 5) is 36.7. The largest absolute Gasteiger partial charge is 0.497 e. The normalized spacial score (nSPS) is 10.2. The molecule has 0 unspecified atom stereocenters. The number of rotatable bonds is 6. The number of aryl methyl sites for hydroxylation is 1. The van der Waals surface area contributed by atoms with Crippen molar-refractivity contribution >= 4 is 34.0 Å². The molecule has 0 radical (unpaired) electrons. The number of ketones is 1. The standard InChI is InChI=1S/C18H19NO5S/c1-10-11(2)25-17(19-12(3)20)16(10)18(22)24-9-15(21)13-5-7-14(23-4)8-6-13/h5-8H,9H2,1-4H3,(H,19,20). The lowest BCUT2D eigenvalue weighted by molar-refractivity contribution is -0.114. The van der Waals surface area contributed by atoms with E-state index in [1.165, 1.54) is 25.4 Å². The molecule has 1 aromatic heterocycles. The molecule has 1 amide bonds. The first-order chi connectivity index (χ1) is 11.8. The number of hydrogen-bond donors (Lipinski definition) is 1. The van der Waals surface area contributed by atoms with Gasteiger partial charge in [0.15, 0.2) is 12.4 Å². The lowest BCUT2D eigenvalue weighted by Gasteiger charge is -2.07. The zero-order chi connectivity index (χ0) is 18.6. The molecular formula is C18H19NO5S. The molecule has 0 fully saturated rings. The van der Waals surface area contributed by atoms with E-state index >= 15 is 0 Å². The van der Waals surface area contributed by atoms with Crippen molar-refractivity contribution in [2.24, 2.45) is 0 Å². The van der Waals surface area contributed by atoms with Crippen LogP contribution in [0.15, 0.2) is 24.3 Å². The number of ether oxygens (including phenoxy) is 2. The van der Waals surface area contributed by atoms with Gasteiger partial charge in [-0.15, -0.1) is 11.3 Å². The summed E-state index contributed by atoms with van der Waals surface area (Å²) in [5.41, 5.74) is 1.45. The molecule has 0 aliphatic carbocycles. The summed E-state index contributed by atoms with van der Waals surface area (Å²) in [6.45, 7) is 4.62. The SMILES string of the molecule is COc1ccc(C(=O)COC(=O)c2c(NC(C)=O)sc(C)c2C)cc1. The van der Waals surface area contributed by atoms with Gasteiger partial charge in [-0.05, 0) is 43.7 Å². The van der Waals surface area contributed by atoms with Gasteiger partial charge in [-0.3, -0.25) is 9.59 Å². The van der Waals surface area contributed by atoms with E-state index in [1.54, 1.807) is 31.2 Å². The van der Waals surface area contributed by atoms with Gasteiger partial charge >= 0.3 is 5.97 Å². The number of nitrogens with one attached hydrogen (secondary N) is 1. The lowest BCUT2D eigenvalue weighted by atomic mass is 10.1. The summed E-state index contributed by atoms with van der Waals surface area (Å²) in [7, 11) is 1.54. The zero-order valence-electron chi connectivity index (χ0n) is 14.5. The minimum Gasteiger partial charge on any atom is -0.497 e. The van der Waals surface area contributed by atoms with Crippen LogP contribution in [0.2, 0.25) is 0 Å². The van der Waals surface area contributed by atoms with Crippen molar-refractivity contribution in [2.45, 2.75) is 20.8 Å². The maximum Gasteiger partial charge on any atom is 0.341 e. The monoisotopic (exact) mass is 361 g/mol. The van der Waals surface area contributed by atoms with Gasteiger partial charge in [-0.25, -0.2) is 4.79 Å². The quantitative estimate of drug-likeness (QED) is 0.630. The number of hydrogen-bond acceptors (Lipinski definition) is 6. The van der Waals surface area contributed by atoms with Crippen LogP contribution < -0.4 is 10.1 Å². The van der Waals surface area contributed by atoms with Crippen molar-refractivity contribution < 1.29 is 23.9 Å².